The molecule has 4 aliphatic carbocycles. The van der Waals surface area contributed by atoms with Crippen molar-refractivity contribution in [3.63, 3.8) is 0 Å². The highest BCUT2D eigenvalue weighted by atomic mass is 32.2. The molecule has 5 rings (SSSR count). The van der Waals surface area contributed by atoms with Crippen molar-refractivity contribution in [2.24, 2.45) is 46.3 Å². The van der Waals surface area contributed by atoms with Gasteiger partial charge in [-0.25, -0.2) is 0 Å². The molecule has 0 spiro atoms. The molecule has 0 N–H and O–H groups in total. The predicted molar refractivity (Wildman–Crippen MR) is 226 cm³/mol. The highest BCUT2D eigenvalue weighted by Crippen LogP contribution is 2.67. The summed E-state index contributed by atoms with van der Waals surface area (Å²) in [5, 5.41) is 0. The van der Waals surface area contributed by atoms with Crippen LogP contribution in [0.25, 0.3) is 0 Å². The Balaban J connectivity index is 1.06. The molecular formula is C47H76O10S. The first-order valence-electron chi connectivity index (χ1n) is 22.8. The Morgan fingerprint density at radius 3 is 2.16 bits per heavy atom. The van der Waals surface area contributed by atoms with Gasteiger partial charge in [-0.3, -0.25) is 19.2 Å². The first-order valence-corrected chi connectivity index (χ1v) is 23.8. The molecular weight excluding hydrogens is 757 g/mol. The molecule has 1 saturated heterocycles. The number of rotatable bonds is 19. The summed E-state index contributed by atoms with van der Waals surface area (Å²) in [6.45, 7) is 18.1. The number of esters is 4. The van der Waals surface area contributed by atoms with Crippen molar-refractivity contribution in [3.8, 4) is 0 Å². The van der Waals surface area contributed by atoms with Gasteiger partial charge in [-0.05, 0) is 116 Å². The van der Waals surface area contributed by atoms with Gasteiger partial charge in [0.05, 0.1) is 6.10 Å². The van der Waals surface area contributed by atoms with Crippen LogP contribution in [-0.2, 0) is 47.6 Å². The van der Waals surface area contributed by atoms with Crippen molar-refractivity contribution in [1.82, 2.24) is 0 Å². The third-order valence-corrected chi connectivity index (χ3v) is 16.1. The van der Waals surface area contributed by atoms with E-state index in [1.54, 1.807) is 5.57 Å². The van der Waals surface area contributed by atoms with Gasteiger partial charge in [0.15, 0.2) is 18.3 Å². The molecule has 13 atom stereocenters. The summed E-state index contributed by atoms with van der Waals surface area (Å²) in [5.41, 5.74) is 1.81. The fourth-order valence-corrected chi connectivity index (χ4v) is 13.3. The molecule has 0 bridgehead atoms. The third kappa shape index (κ3) is 11.6. The zero-order valence-electron chi connectivity index (χ0n) is 37.2. The lowest BCUT2D eigenvalue weighted by Crippen LogP contribution is -2.61. The second kappa shape index (κ2) is 21.1. The number of ether oxygens (including phenoxy) is 6. The van der Waals surface area contributed by atoms with E-state index >= 15 is 0 Å². The van der Waals surface area contributed by atoms with E-state index < -0.39 is 53.7 Å². The van der Waals surface area contributed by atoms with Crippen molar-refractivity contribution >= 4 is 35.6 Å². The normalized spacial score (nSPS) is 36.1. The van der Waals surface area contributed by atoms with Gasteiger partial charge in [0.2, 0.25) is 0 Å². The van der Waals surface area contributed by atoms with Crippen LogP contribution in [0.15, 0.2) is 11.6 Å². The van der Waals surface area contributed by atoms with E-state index in [0.29, 0.717) is 22.7 Å². The van der Waals surface area contributed by atoms with Gasteiger partial charge in [0.1, 0.15) is 18.1 Å². The van der Waals surface area contributed by atoms with Gasteiger partial charge < -0.3 is 28.4 Å². The standard InChI is InChI=1S/C47H76O10S/c1-29(2)15-14-16-30(3)38-19-20-39-37-18-17-35-27-36(21-23-46(35,8)40(37)22-24-47(38,39)9)52-25-12-10-11-13-26-58-45-44(56-34(7)51)43(55-33(6)50)42(54-32(5)49)41(57-45)28-53-31(4)48/h17,29-30,36-45H,10-16,18-28H2,1-9H3/t30-,36?,37+,38-,39+,40+,41-,42-,43+,44+,45+,46+,47-/m1/s1. The van der Waals surface area contributed by atoms with E-state index in [4.69, 9.17) is 28.4 Å². The zero-order valence-corrected chi connectivity index (χ0v) is 38.0. The Morgan fingerprint density at radius 2 is 1.47 bits per heavy atom. The van der Waals surface area contributed by atoms with Gasteiger partial charge in [-0.2, -0.15) is 0 Å². The maximum Gasteiger partial charge on any atom is 0.303 e. The van der Waals surface area contributed by atoms with Crippen molar-refractivity contribution in [2.75, 3.05) is 19.0 Å². The number of thioether (sulfide) groups is 1. The van der Waals surface area contributed by atoms with Crippen LogP contribution in [0, 0.1) is 46.3 Å². The van der Waals surface area contributed by atoms with Crippen molar-refractivity contribution in [1.29, 1.82) is 0 Å². The molecule has 1 aliphatic heterocycles. The third-order valence-electron chi connectivity index (χ3n) is 14.9. The van der Waals surface area contributed by atoms with Crippen LogP contribution < -0.4 is 0 Å². The van der Waals surface area contributed by atoms with Crippen LogP contribution in [0.4, 0.5) is 0 Å². The predicted octanol–water partition coefficient (Wildman–Crippen LogP) is 9.79. The molecule has 4 fully saturated rings. The molecule has 11 heteroatoms. The second-order valence-corrected chi connectivity index (χ2v) is 20.6. The summed E-state index contributed by atoms with van der Waals surface area (Å²) >= 11 is 1.44. The number of carbonyl (C=O) groups excluding carboxylic acids is 4. The molecule has 3 saturated carbocycles. The Bertz CT molecular complexity index is 1430. The molecule has 58 heavy (non-hydrogen) atoms. The maximum atomic E-state index is 12.1. The molecule has 0 aromatic heterocycles. The minimum Gasteiger partial charge on any atom is -0.463 e. The Morgan fingerprint density at radius 1 is 0.776 bits per heavy atom. The summed E-state index contributed by atoms with van der Waals surface area (Å²) in [5.74, 6) is 3.44. The molecule has 1 heterocycles. The Labute approximate surface area is 353 Å². The van der Waals surface area contributed by atoms with Gasteiger partial charge >= 0.3 is 23.9 Å². The molecule has 5 aliphatic rings. The second-order valence-electron chi connectivity index (χ2n) is 19.4. The molecule has 0 radical (unpaired) electrons. The maximum absolute atomic E-state index is 12.1. The summed E-state index contributed by atoms with van der Waals surface area (Å²) in [7, 11) is 0. The monoisotopic (exact) mass is 833 g/mol. The van der Waals surface area contributed by atoms with E-state index in [0.717, 1.165) is 80.6 Å². The Kier molecular flexibility index (Phi) is 17.1. The van der Waals surface area contributed by atoms with E-state index in [-0.39, 0.29) is 6.61 Å². The molecule has 0 aromatic carbocycles. The Hall–Kier alpha value is -2.11. The van der Waals surface area contributed by atoms with E-state index in [1.165, 1.54) is 97.2 Å². The summed E-state index contributed by atoms with van der Waals surface area (Å²) in [6, 6.07) is 0. The quantitative estimate of drug-likeness (QED) is 0.0535. The average molecular weight is 833 g/mol. The first-order chi connectivity index (χ1) is 27.5. The summed E-state index contributed by atoms with van der Waals surface area (Å²) in [4.78, 5) is 47.9. The van der Waals surface area contributed by atoms with Gasteiger partial charge in [0.25, 0.3) is 0 Å². The fourth-order valence-electron chi connectivity index (χ4n) is 12.1. The minimum absolute atomic E-state index is 0.216. The lowest BCUT2D eigenvalue weighted by Gasteiger charge is -2.58. The smallest absolute Gasteiger partial charge is 0.303 e. The molecule has 10 nitrogen and oxygen atoms in total. The average Bonchev–Trinajstić information content (AvgIpc) is 3.50. The van der Waals surface area contributed by atoms with Crippen molar-refractivity contribution < 1.29 is 47.6 Å². The highest BCUT2D eigenvalue weighted by molar-refractivity contribution is 7.99. The SMILES string of the molecule is CC(=O)OC[C@H]1O[C@@H](SCCCCCCOC2CC[C@@]3(C)C(=CC[C@H]4[C@@H]5CC[C@H]([C@H](C)CCCC(C)C)[C@@]5(C)CC[C@@H]43)C2)[C@@H](OC(C)=O)[C@@H](OC(C)=O)[C@@H]1OC(C)=O. The number of hydrogen-bond donors (Lipinski definition) is 0. The number of fused-ring (bicyclic) bond motifs is 5. The number of unbranched alkanes of at least 4 members (excludes halogenated alkanes) is 3. The number of carbonyl (C=O) groups is 4. The van der Waals surface area contributed by atoms with Crippen LogP contribution in [0.1, 0.15) is 159 Å². The van der Waals surface area contributed by atoms with Gasteiger partial charge in [-0.15, -0.1) is 11.8 Å². The van der Waals surface area contributed by atoms with Crippen LogP contribution in [-0.4, -0.2) is 78.8 Å². The summed E-state index contributed by atoms with van der Waals surface area (Å²) < 4.78 is 34.6. The van der Waals surface area contributed by atoms with Gasteiger partial charge in [0, 0.05) is 34.3 Å². The number of hydrogen-bond acceptors (Lipinski definition) is 11. The van der Waals surface area contributed by atoms with Crippen LogP contribution >= 0.6 is 11.8 Å². The number of allylic oxidation sites excluding steroid dienone is 1. The van der Waals surface area contributed by atoms with E-state index in [2.05, 4.69) is 40.7 Å². The van der Waals surface area contributed by atoms with Crippen molar-refractivity contribution in [3.05, 3.63) is 11.6 Å². The van der Waals surface area contributed by atoms with Crippen LogP contribution in [0.2, 0.25) is 0 Å². The lowest BCUT2D eigenvalue weighted by atomic mass is 9.47. The molecule has 330 valence electrons. The highest BCUT2D eigenvalue weighted by Gasteiger charge is 2.59. The molecule has 1 unspecified atom stereocenters. The van der Waals surface area contributed by atoms with Crippen LogP contribution in [0.3, 0.4) is 0 Å². The van der Waals surface area contributed by atoms with E-state index in [1.807, 2.05) is 0 Å². The first kappa shape index (κ1) is 46.9. The largest absolute Gasteiger partial charge is 0.463 e. The fraction of sp³-hybridized carbons (Fsp3) is 0.872. The van der Waals surface area contributed by atoms with Crippen molar-refractivity contribution in [2.45, 2.75) is 195 Å². The van der Waals surface area contributed by atoms with Gasteiger partial charge in [-0.1, -0.05) is 78.4 Å². The van der Waals surface area contributed by atoms with Crippen LogP contribution in [0.5, 0.6) is 0 Å². The minimum atomic E-state index is -1.13. The lowest BCUT2D eigenvalue weighted by molar-refractivity contribution is -0.237. The molecule has 0 aromatic rings. The molecule has 0 amide bonds. The topological polar surface area (TPSA) is 124 Å². The zero-order chi connectivity index (χ0) is 42.2. The van der Waals surface area contributed by atoms with E-state index in [9.17, 15) is 19.2 Å². The summed E-state index contributed by atoms with van der Waals surface area (Å²) in [6.07, 6.45) is 17.3.